The molecule has 1 aromatic rings. The Kier molecular flexibility index (Phi) is 14.4. The Morgan fingerprint density at radius 1 is 0.893 bits per heavy atom. The van der Waals surface area contributed by atoms with Gasteiger partial charge in [-0.2, -0.15) is 0 Å². The van der Waals surface area contributed by atoms with E-state index in [9.17, 15) is 4.79 Å². The van der Waals surface area contributed by atoms with Crippen molar-refractivity contribution >= 4 is 5.91 Å². The molecule has 0 spiro atoms. The number of aryl methyl sites for hydroxylation is 1. The molecular weight excluding hydrogens is 346 g/mol. The molecule has 1 rings (SSSR count). The van der Waals surface area contributed by atoms with Crippen LogP contribution in [0.5, 0.6) is 5.75 Å². The van der Waals surface area contributed by atoms with E-state index in [-0.39, 0.29) is 5.91 Å². The van der Waals surface area contributed by atoms with E-state index in [1.807, 2.05) is 12.1 Å². The van der Waals surface area contributed by atoms with Gasteiger partial charge in [0.1, 0.15) is 5.75 Å². The summed E-state index contributed by atoms with van der Waals surface area (Å²) in [7, 11) is 1.63. The summed E-state index contributed by atoms with van der Waals surface area (Å²) in [4.78, 5) is 11.6. The summed E-state index contributed by atoms with van der Waals surface area (Å²) < 4.78 is 5.71. The van der Waals surface area contributed by atoms with Crippen LogP contribution in [-0.4, -0.2) is 19.1 Å². The minimum atomic E-state index is -0.461. The first-order valence-electron chi connectivity index (χ1n) is 11.6. The molecule has 0 saturated carbocycles. The average Bonchev–Trinajstić information content (AvgIpc) is 2.71. The fourth-order valence-corrected chi connectivity index (χ4v) is 3.58. The highest BCUT2D eigenvalue weighted by Gasteiger charge is 2.12. The summed E-state index contributed by atoms with van der Waals surface area (Å²) in [6, 6.07) is 8.16. The number of hydrogen-bond acceptors (Lipinski definition) is 2. The lowest BCUT2D eigenvalue weighted by atomic mass is 10.0. The van der Waals surface area contributed by atoms with Crippen LogP contribution < -0.4 is 10.1 Å². The maximum Gasteiger partial charge on any atom is 0.260 e. The number of amides is 1. The van der Waals surface area contributed by atoms with Crippen LogP contribution in [0.25, 0.3) is 0 Å². The standard InChI is InChI=1S/C25H43NO2/c1-4-5-6-7-8-9-10-11-12-13-14-15-16-18-23-19-17-20-24(21-23)28-22(2)25(27)26-3/h17,19-22H,4-16,18H2,1-3H3,(H,26,27). The van der Waals surface area contributed by atoms with Gasteiger partial charge in [0.2, 0.25) is 0 Å². The molecule has 1 aromatic carbocycles. The highest BCUT2D eigenvalue weighted by molar-refractivity contribution is 5.80. The Bertz CT molecular complexity index is 515. The third-order valence-electron chi connectivity index (χ3n) is 5.40. The lowest BCUT2D eigenvalue weighted by molar-refractivity contribution is -0.126. The molecule has 1 N–H and O–H groups in total. The third-order valence-corrected chi connectivity index (χ3v) is 5.40. The Morgan fingerprint density at radius 2 is 1.43 bits per heavy atom. The van der Waals surface area contributed by atoms with Crippen molar-refractivity contribution in [2.45, 2.75) is 110 Å². The van der Waals surface area contributed by atoms with Crippen LogP contribution in [0.4, 0.5) is 0 Å². The summed E-state index contributed by atoms with van der Waals surface area (Å²) in [5, 5.41) is 2.62. The monoisotopic (exact) mass is 389 g/mol. The van der Waals surface area contributed by atoms with Gasteiger partial charge in [0, 0.05) is 7.05 Å². The number of hydrogen-bond donors (Lipinski definition) is 1. The first-order valence-corrected chi connectivity index (χ1v) is 11.6. The molecule has 28 heavy (non-hydrogen) atoms. The molecule has 0 heterocycles. The van der Waals surface area contributed by atoms with Crippen LogP contribution in [-0.2, 0) is 11.2 Å². The van der Waals surface area contributed by atoms with Crippen molar-refractivity contribution in [2.24, 2.45) is 0 Å². The predicted molar refractivity (Wildman–Crippen MR) is 120 cm³/mol. The first-order chi connectivity index (χ1) is 13.7. The van der Waals surface area contributed by atoms with Gasteiger partial charge in [-0.1, -0.05) is 96.1 Å². The number of ether oxygens (including phenoxy) is 1. The number of unbranched alkanes of at least 4 members (excludes halogenated alkanes) is 12. The van der Waals surface area contributed by atoms with Gasteiger partial charge >= 0.3 is 0 Å². The zero-order valence-corrected chi connectivity index (χ0v) is 18.6. The summed E-state index contributed by atoms with van der Waals surface area (Å²) in [6.07, 6.45) is 18.6. The van der Waals surface area contributed by atoms with E-state index in [0.717, 1.165) is 12.2 Å². The molecule has 0 saturated heterocycles. The van der Waals surface area contributed by atoms with E-state index >= 15 is 0 Å². The summed E-state index contributed by atoms with van der Waals surface area (Å²) in [5.41, 5.74) is 1.30. The number of carbonyl (C=O) groups is 1. The van der Waals surface area contributed by atoms with Gasteiger partial charge in [0.25, 0.3) is 5.91 Å². The van der Waals surface area contributed by atoms with Gasteiger partial charge in [-0.3, -0.25) is 4.79 Å². The number of likely N-dealkylation sites (N-methyl/N-ethyl adjacent to an activating group) is 1. The van der Waals surface area contributed by atoms with Gasteiger partial charge in [-0.05, 0) is 37.5 Å². The largest absolute Gasteiger partial charge is 0.481 e. The van der Waals surface area contributed by atoms with E-state index < -0.39 is 6.10 Å². The van der Waals surface area contributed by atoms with Crippen molar-refractivity contribution in [1.29, 1.82) is 0 Å². The van der Waals surface area contributed by atoms with Crippen molar-refractivity contribution in [3.05, 3.63) is 29.8 Å². The molecule has 1 amide bonds. The minimum absolute atomic E-state index is 0.0955. The van der Waals surface area contributed by atoms with Gasteiger partial charge in [-0.25, -0.2) is 0 Å². The van der Waals surface area contributed by atoms with Crippen molar-refractivity contribution < 1.29 is 9.53 Å². The summed E-state index contributed by atoms with van der Waals surface area (Å²) in [5.74, 6) is 0.685. The molecule has 0 aromatic heterocycles. The fourth-order valence-electron chi connectivity index (χ4n) is 3.58. The zero-order valence-electron chi connectivity index (χ0n) is 18.6. The number of benzene rings is 1. The SMILES string of the molecule is CCCCCCCCCCCCCCCc1cccc(OC(C)C(=O)NC)c1. The molecule has 0 radical (unpaired) electrons. The van der Waals surface area contributed by atoms with Crippen LogP contribution in [0.1, 0.15) is 103 Å². The average molecular weight is 390 g/mol. The van der Waals surface area contributed by atoms with Crippen LogP contribution in [0.3, 0.4) is 0 Å². The smallest absolute Gasteiger partial charge is 0.260 e. The van der Waals surface area contributed by atoms with Crippen LogP contribution in [0, 0.1) is 0 Å². The van der Waals surface area contributed by atoms with Crippen LogP contribution in [0.15, 0.2) is 24.3 Å². The molecule has 160 valence electrons. The van der Waals surface area contributed by atoms with Crippen LogP contribution in [0.2, 0.25) is 0 Å². The molecule has 0 bridgehead atoms. The van der Waals surface area contributed by atoms with Gasteiger partial charge < -0.3 is 10.1 Å². The lowest BCUT2D eigenvalue weighted by Gasteiger charge is -2.14. The summed E-state index contributed by atoms with van der Waals surface area (Å²) >= 11 is 0. The molecule has 0 fully saturated rings. The minimum Gasteiger partial charge on any atom is -0.481 e. The topological polar surface area (TPSA) is 38.3 Å². The molecule has 1 atom stereocenters. The second kappa shape index (κ2) is 16.4. The Morgan fingerprint density at radius 3 is 1.96 bits per heavy atom. The van der Waals surface area contributed by atoms with Crippen molar-refractivity contribution in [2.75, 3.05) is 7.05 Å². The molecule has 0 aliphatic heterocycles. The molecule has 3 nitrogen and oxygen atoms in total. The third kappa shape index (κ3) is 12.0. The molecule has 0 aliphatic carbocycles. The van der Waals surface area contributed by atoms with Crippen molar-refractivity contribution in [3.63, 3.8) is 0 Å². The van der Waals surface area contributed by atoms with Gasteiger partial charge in [0.05, 0.1) is 0 Å². The second-order valence-electron chi connectivity index (χ2n) is 8.01. The zero-order chi connectivity index (χ0) is 20.5. The van der Waals surface area contributed by atoms with E-state index in [1.54, 1.807) is 14.0 Å². The highest BCUT2D eigenvalue weighted by atomic mass is 16.5. The maximum atomic E-state index is 11.6. The molecule has 3 heteroatoms. The lowest BCUT2D eigenvalue weighted by Crippen LogP contribution is -2.33. The van der Waals surface area contributed by atoms with E-state index in [0.29, 0.717) is 0 Å². The maximum absolute atomic E-state index is 11.6. The van der Waals surface area contributed by atoms with Crippen LogP contribution >= 0.6 is 0 Å². The quantitative estimate of drug-likeness (QED) is 0.296. The number of rotatable bonds is 17. The number of carbonyl (C=O) groups excluding carboxylic acids is 1. The highest BCUT2D eigenvalue weighted by Crippen LogP contribution is 2.18. The van der Waals surface area contributed by atoms with Crippen molar-refractivity contribution in [1.82, 2.24) is 5.32 Å². The Balaban J connectivity index is 2.03. The molecule has 0 aliphatic rings. The number of nitrogens with one attached hydrogen (secondary N) is 1. The molecular formula is C25H43NO2. The van der Waals surface area contributed by atoms with E-state index in [1.165, 1.54) is 89.0 Å². The van der Waals surface area contributed by atoms with E-state index in [4.69, 9.17) is 4.74 Å². The van der Waals surface area contributed by atoms with E-state index in [2.05, 4.69) is 24.4 Å². The predicted octanol–water partition coefficient (Wildman–Crippen LogP) is 6.83. The molecule has 1 unspecified atom stereocenters. The Labute approximate surface area is 173 Å². The Hall–Kier alpha value is -1.51. The van der Waals surface area contributed by atoms with Gasteiger partial charge in [-0.15, -0.1) is 0 Å². The van der Waals surface area contributed by atoms with Gasteiger partial charge in [0.15, 0.2) is 6.10 Å². The fraction of sp³-hybridized carbons (Fsp3) is 0.720. The summed E-state index contributed by atoms with van der Waals surface area (Å²) in [6.45, 7) is 4.06. The van der Waals surface area contributed by atoms with Crippen molar-refractivity contribution in [3.8, 4) is 5.75 Å². The second-order valence-corrected chi connectivity index (χ2v) is 8.01. The normalized spacial score (nSPS) is 12.0. The first kappa shape index (κ1) is 24.5.